The molecule has 1 aromatic carbocycles. The number of esters is 1. The lowest BCUT2D eigenvalue weighted by Crippen LogP contribution is -2.50. The highest BCUT2D eigenvalue weighted by molar-refractivity contribution is 6.06. The summed E-state index contributed by atoms with van der Waals surface area (Å²) in [5.41, 5.74) is 2.36. The Kier molecular flexibility index (Phi) is 2.82. The van der Waals surface area contributed by atoms with E-state index in [1.807, 2.05) is 25.1 Å². The smallest absolute Gasteiger partial charge is 0.326 e. The summed E-state index contributed by atoms with van der Waals surface area (Å²) in [6.07, 6.45) is 1.23. The first kappa shape index (κ1) is 13.1. The van der Waals surface area contributed by atoms with Crippen LogP contribution in [0.1, 0.15) is 45.1 Å². The first-order valence-corrected chi connectivity index (χ1v) is 6.94. The Hall–Kier alpha value is -1.90. The molecule has 0 bridgehead atoms. The summed E-state index contributed by atoms with van der Waals surface area (Å²) in [4.78, 5) is 24.8. The fourth-order valence-electron chi connectivity index (χ4n) is 3.50. The molecule has 0 N–H and O–H groups in total. The normalized spacial score (nSPS) is 28.6. The van der Waals surface area contributed by atoms with Crippen LogP contribution in [0, 0.1) is 5.41 Å². The molecule has 0 unspecified atom stereocenters. The van der Waals surface area contributed by atoms with Crippen molar-refractivity contribution < 1.29 is 14.3 Å². The monoisotopic (exact) mass is 270 g/mol. The lowest BCUT2D eigenvalue weighted by molar-refractivity contribution is -0.156. The summed E-state index contributed by atoms with van der Waals surface area (Å²) in [5, 5.41) is 0. The van der Waals surface area contributed by atoms with Crippen molar-refractivity contribution in [3.05, 3.63) is 41.0 Å². The lowest BCUT2D eigenvalue weighted by Gasteiger charge is -2.44. The van der Waals surface area contributed by atoms with E-state index in [2.05, 4.69) is 6.92 Å². The summed E-state index contributed by atoms with van der Waals surface area (Å²) in [6.45, 7) is 5.60. The number of hydrogen-bond acceptors (Lipinski definition) is 3. The highest BCUT2D eigenvalue weighted by Gasteiger charge is 2.56. The molecule has 0 saturated carbocycles. The van der Waals surface area contributed by atoms with Gasteiger partial charge >= 0.3 is 5.97 Å². The quantitative estimate of drug-likeness (QED) is 0.340. The Morgan fingerprint density at radius 1 is 1.25 bits per heavy atom. The molecule has 0 aromatic heterocycles. The lowest BCUT2D eigenvalue weighted by atomic mass is 9.59. The maximum Gasteiger partial charge on any atom is 0.326 e. The highest BCUT2D eigenvalue weighted by Crippen LogP contribution is 2.55. The van der Waals surface area contributed by atoms with Crippen LogP contribution in [0.25, 0.3) is 0 Å². The van der Waals surface area contributed by atoms with Gasteiger partial charge in [-0.15, -0.1) is 0 Å². The van der Waals surface area contributed by atoms with Crippen LogP contribution in [0.15, 0.2) is 35.4 Å². The average molecular weight is 270 g/mol. The molecule has 3 nitrogen and oxygen atoms in total. The molecule has 0 spiro atoms. The van der Waals surface area contributed by atoms with Crippen LogP contribution in [0.5, 0.6) is 5.75 Å². The second-order valence-corrected chi connectivity index (χ2v) is 5.95. The van der Waals surface area contributed by atoms with Gasteiger partial charge in [-0.1, -0.05) is 29.3 Å². The van der Waals surface area contributed by atoms with Gasteiger partial charge in [-0.3, -0.25) is 9.59 Å². The molecule has 0 amide bonds. The SMILES string of the molecule is CC(=O)[C@]12CC(C)=C(C)C[C@H]1c1ccccc1OC2=O. The first-order chi connectivity index (χ1) is 9.46. The zero-order valence-corrected chi connectivity index (χ0v) is 12.0. The molecule has 2 aliphatic rings. The predicted octanol–water partition coefficient (Wildman–Crippen LogP) is 3.39. The van der Waals surface area contributed by atoms with E-state index in [-0.39, 0.29) is 17.7 Å². The molecule has 1 aliphatic heterocycles. The first-order valence-electron chi connectivity index (χ1n) is 6.94. The number of allylic oxidation sites excluding steroid dienone is 2. The largest absolute Gasteiger partial charge is 0.425 e. The summed E-state index contributed by atoms with van der Waals surface area (Å²) in [7, 11) is 0. The number of ketones is 1. The number of Topliss-reactive ketones (excluding diaryl/α,β-unsaturated/α-hetero) is 1. The molecule has 2 atom stereocenters. The predicted molar refractivity (Wildman–Crippen MR) is 75.5 cm³/mol. The number of rotatable bonds is 1. The fourth-order valence-corrected chi connectivity index (χ4v) is 3.50. The minimum atomic E-state index is -1.03. The third-order valence-electron chi connectivity index (χ3n) is 4.87. The van der Waals surface area contributed by atoms with Gasteiger partial charge in [0.1, 0.15) is 16.9 Å². The van der Waals surface area contributed by atoms with Gasteiger partial charge < -0.3 is 4.74 Å². The molecule has 0 radical (unpaired) electrons. The van der Waals surface area contributed by atoms with E-state index in [0.29, 0.717) is 12.2 Å². The van der Waals surface area contributed by atoms with E-state index in [4.69, 9.17) is 4.74 Å². The van der Waals surface area contributed by atoms with Gasteiger partial charge in [-0.05, 0) is 45.2 Å². The molecule has 104 valence electrons. The number of fused-ring (bicyclic) bond motifs is 3. The van der Waals surface area contributed by atoms with E-state index in [1.54, 1.807) is 6.07 Å². The molecule has 0 saturated heterocycles. The standard InChI is InChI=1S/C17H18O3/c1-10-8-14-13-6-4-5-7-15(13)20-16(19)17(14,12(3)18)9-11(10)2/h4-7,14H,8-9H2,1-3H3/t14-,17+/m0/s1. The Bertz CT molecular complexity index is 641. The van der Waals surface area contributed by atoms with E-state index in [1.165, 1.54) is 12.5 Å². The number of carbonyl (C=O) groups is 2. The Morgan fingerprint density at radius 3 is 2.65 bits per heavy atom. The van der Waals surface area contributed by atoms with Crippen molar-refractivity contribution in [2.24, 2.45) is 5.41 Å². The van der Waals surface area contributed by atoms with E-state index in [9.17, 15) is 9.59 Å². The van der Waals surface area contributed by atoms with Crippen LogP contribution in [-0.4, -0.2) is 11.8 Å². The maximum absolute atomic E-state index is 12.5. The van der Waals surface area contributed by atoms with Gasteiger partial charge in [-0.2, -0.15) is 0 Å². The average Bonchev–Trinajstić information content (AvgIpc) is 2.41. The Labute approximate surface area is 118 Å². The van der Waals surface area contributed by atoms with Gasteiger partial charge in [0.15, 0.2) is 0 Å². The number of para-hydroxylation sites is 1. The van der Waals surface area contributed by atoms with Gasteiger partial charge in [0.25, 0.3) is 0 Å². The van der Waals surface area contributed by atoms with E-state index >= 15 is 0 Å². The Balaban J connectivity index is 2.24. The van der Waals surface area contributed by atoms with Crippen LogP contribution in [0.2, 0.25) is 0 Å². The van der Waals surface area contributed by atoms with Crippen molar-refractivity contribution in [1.29, 1.82) is 0 Å². The molecule has 3 rings (SSSR count). The number of benzene rings is 1. The molecule has 1 aliphatic carbocycles. The summed E-state index contributed by atoms with van der Waals surface area (Å²) in [6, 6.07) is 7.56. The molecule has 0 fully saturated rings. The van der Waals surface area contributed by atoms with E-state index in [0.717, 1.165) is 17.6 Å². The number of ether oxygens (including phenoxy) is 1. The summed E-state index contributed by atoms with van der Waals surface area (Å²) in [5.74, 6) is 0.0299. The van der Waals surface area contributed by atoms with Crippen molar-refractivity contribution in [2.75, 3.05) is 0 Å². The molecule has 3 heteroatoms. The van der Waals surface area contributed by atoms with Crippen LogP contribution in [0.4, 0.5) is 0 Å². The fraction of sp³-hybridized carbons (Fsp3) is 0.412. The van der Waals surface area contributed by atoms with Gasteiger partial charge in [-0.25, -0.2) is 0 Å². The van der Waals surface area contributed by atoms with Crippen molar-refractivity contribution in [3.63, 3.8) is 0 Å². The van der Waals surface area contributed by atoms with Crippen molar-refractivity contribution >= 4 is 11.8 Å². The third-order valence-corrected chi connectivity index (χ3v) is 4.87. The summed E-state index contributed by atoms with van der Waals surface area (Å²) >= 11 is 0. The zero-order chi connectivity index (χ0) is 14.5. The van der Waals surface area contributed by atoms with E-state index < -0.39 is 5.41 Å². The van der Waals surface area contributed by atoms with Crippen LogP contribution in [0.3, 0.4) is 0 Å². The van der Waals surface area contributed by atoms with Crippen LogP contribution < -0.4 is 4.74 Å². The van der Waals surface area contributed by atoms with Crippen LogP contribution in [-0.2, 0) is 9.59 Å². The number of hydrogen-bond donors (Lipinski definition) is 0. The van der Waals surface area contributed by atoms with Gasteiger partial charge in [0.05, 0.1) is 0 Å². The Morgan fingerprint density at radius 2 is 1.95 bits per heavy atom. The highest BCUT2D eigenvalue weighted by atomic mass is 16.5. The third kappa shape index (κ3) is 1.59. The topological polar surface area (TPSA) is 43.4 Å². The molecule has 20 heavy (non-hydrogen) atoms. The maximum atomic E-state index is 12.5. The minimum absolute atomic E-state index is 0.0890. The zero-order valence-electron chi connectivity index (χ0n) is 12.0. The summed E-state index contributed by atoms with van der Waals surface area (Å²) < 4.78 is 5.47. The second-order valence-electron chi connectivity index (χ2n) is 5.95. The van der Waals surface area contributed by atoms with Crippen LogP contribution >= 0.6 is 0 Å². The minimum Gasteiger partial charge on any atom is -0.425 e. The molecular weight excluding hydrogens is 252 g/mol. The number of carbonyl (C=O) groups excluding carboxylic acids is 2. The van der Waals surface area contributed by atoms with Crippen molar-refractivity contribution in [1.82, 2.24) is 0 Å². The molecular formula is C17H18O3. The van der Waals surface area contributed by atoms with Gasteiger partial charge in [0, 0.05) is 5.92 Å². The second kappa shape index (κ2) is 4.30. The molecule has 1 heterocycles. The van der Waals surface area contributed by atoms with Gasteiger partial charge in [0.2, 0.25) is 0 Å². The van der Waals surface area contributed by atoms with Crippen molar-refractivity contribution in [3.8, 4) is 5.75 Å². The van der Waals surface area contributed by atoms with Crippen molar-refractivity contribution in [2.45, 2.75) is 39.5 Å². The molecule has 1 aromatic rings.